The van der Waals surface area contributed by atoms with Crippen LogP contribution >= 0.6 is 0 Å². The molecule has 32 heavy (non-hydrogen) atoms. The number of H-pyrrole nitrogens is 1. The molecule has 1 saturated carbocycles. The van der Waals surface area contributed by atoms with Gasteiger partial charge in [0.1, 0.15) is 11.6 Å². The quantitative estimate of drug-likeness (QED) is 0.797. The second-order valence-electron chi connectivity index (χ2n) is 9.73. The Labute approximate surface area is 187 Å². The number of hydrogen-bond acceptors (Lipinski definition) is 4. The lowest BCUT2D eigenvalue weighted by molar-refractivity contribution is 0.0726. The fourth-order valence-corrected chi connectivity index (χ4v) is 5.58. The molecule has 2 aliphatic heterocycles. The van der Waals surface area contributed by atoms with Gasteiger partial charge < -0.3 is 9.88 Å². The Morgan fingerprint density at radius 3 is 2.69 bits per heavy atom. The number of aromatic nitrogens is 2. The van der Waals surface area contributed by atoms with Crippen LogP contribution in [-0.4, -0.2) is 51.4 Å². The summed E-state index contributed by atoms with van der Waals surface area (Å²) in [5.74, 6) is 0.908. The summed E-state index contributed by atoms with van der Waals surface area (Å²) in [7, 11) is 0. The number of hydrogen-bond donors (Lipinski definition) is 1. The topological polar surface area (TPSA) is 69.3 Å². The lowest BCUT2D eigenvalue weighted by atomic mass is 9.87. The number of amides is 1. The molecule has 0 spiro atoms. The van der Waals surface area contributed by atoms with Crippen LogP contribution in [0, 0.1) is 11.7 Å². The number of fused-ring (bicyclic) bond motifs is 1. The number of carbonyl (C=O) groups is 1. The van der Waals surface area contributed by atoms with Gasteiger partial charge in [-0.3, -0.25) is 14.5 Å². The molecule has 6 nitrogen and oxygen atoms in total. The molecule has 2 aromatic rings. The van der Waals surface area contributed by atoms with E-state index in [1.54, 1.807) is 17.0 Å². The van der Waals surface area contributed by atoms with Crippen molar-refractivity contribution in [3.05, 3.63) is 63.1 Å². The molecular formula is C25H31FN4O2. The number of halogens is 1. The van der Waals surface area contributed by atoms with E-state index >= 15 is 0 Å². The second-order valence-corrected chi connectivity index (χ2v) is 9.73. The molecule has 3 aliphatic rings. The minimum Gasteiger partial charge on any atom is -0.332 e. The number of benzene rings is 1. The Hall–Kier alpha value is -2.54. The van der Waals surface area contributed by atoms with Gasteiger partial charge in [0.05, 0.1) is 17.8 Å². The van der Waals surface area contributed by atoms with Gasteiger partial charge >= 0.3 is 0 Å². The highest BCUT2D eigenvalue weighted by molar-refractivity contribution is 5.94. The van der Waals surface area contributed by atoms with Crippen LogP contribution in [0.4, 0.5) is 4.39 Å². The lowest BCUT2D eigenvalue weighted by Gasteiger charge is -2.33. The van der Waals surface area contributed by atoms with Crippen LogP contribution in [0.15, 0.2) is 29.1 Å². The summed E-state index contributed by atoms with van der Waals surface area (Å²) < 4.78 is 14.1. The average molecular weight is 439 g/mol. The summed E-state index contributed by atoms with van der Waals surface area (Å²) >= 11 is 0. The summed E-state index contributed by atoms with van der Waals surface area (Å²) in [6.07, 6.45) is 6.54. The first-order valence-corrected chi connectivity index (χ1v) is 11.9. The fourth-order valence-electron chi connectivity index (χ4n) is 5.58. The molecule has 2 fully saturated rings. The van der Waals surface area contributed by atoms with Crippen molar-refractivity contribution < 1.29 is 9.18 Å². The van der Waals surface area contributed by atoms with Crippen LogP contribution in [0.1, 0.15) is 72.4 Å². The maximum absolute atomic E-state index is 14.1. The largest absolute Gasteiger partial charge is 0.332 e. The van der Waals surface area contributed by atoms with Gasteiger partial charge in [-0.15, -0.1) is 0 Å². The number of likely N-dealkylation sites (tertiary alicyclic amines) is 1. The molecule has 5 rings (SSSR count). The van der Waals surface area contributed by atoms with Crippen molar-refractivity contribution in [3.8, 4) is 0 Å². The molecule has 1 N–H and O–H groups in total. The highest BCUT2D eigenvalue weighted by Crippen LogP contribution is 2.33. The Morgan fingerprint density at radius 2 is 1.91 bits per heavy atom. The first-order chi connectivity index (χ1) is 15.5. The van der Waals surface area contributed by atoms with Crippen LogP contribution in [-0.2, 0) is 13.0 Å². The monoisotopic (exact) mass is 438 g/mol. The van der Waals surface area contributed by atoms with E-state index in [2.05, 4.69) is 16.8 Å². The van der Waals surface area contributed by atoms with Crippen molar-refractivity contribution in [2.45, 2.75) is 64.0 Å². The van der Waals surface area contributed by atoms with Crippen molar-refractivity contribution in [1.82, 2.24) is 19.8 Å². The summed E-state index contributed by atoms with van der Waals surface area (Å²) in [5, 5.41) is 0. The summed E-state index contributed by atoms with van der Waals surface area (Å²) in [4.78, 5) is 37.7. The lowest BCUT2D eigenvalue weighted by Crippen LogP contribution is -2.40. The Kier molecular flexibility index (Phi) is 5.84. The van der Waals surface area contributed by atoms with Gasteiger partial charge in [0.25, 0.3) is 11.5 Å². The third kappa shape index (κ3) is 4.10. The van der Waals surface area contributed by atoms with Gasteiger partial charge in [0.15, 0.2) is 0 Å². The van der Waals surface area contributed by atoms with Crippen LogP contribution < -0.4 is 5.56 Å². The van der Waals surface area contributed by atoms with Gasteiger partial charge in [-0.2, -0.15) is 0 Å². The van der Waals surface area contributed by atoms with Crippen molar-refractivity contribution in [2.24, 2.45) is 5.92 Å². The molecule has 170 valence electrons. The normalized spacial score (nSPS) is 26.2. The molecule has 3 heterocycles. The fraction of sp³-hybridized carbons (Fsp3) is 0.560. The maximum Gasteiger partial charge on any atom is 0.257 e. The predicted octanol–water partition coefficient (Wildman–Crippen LogP) is 3.48. The third-order valence-corrected chi connectivity index (χ3v) is 7.59. The molecular weight excluding hydrogens is 407 g/mol. The van der Waals surface area contributed by atoms with E-state index < -0.39 is 5.82 Å². The molecule has 1 amide bonds. The zero-order valence-electron chi connectivity index (χ0n) is 18.6. The standard InChI is InChI=1S/C25H31FN4O2/c1-16-6-8-18(9-7-16)29-12-10-17(14-29)23-27-22-15-30(13-11-20(22)24(31)28-23)25(32)19-4-2-3-5-21(19)26/h2-5,16-18H,6-15H2,1H3,(H,27,28,31). The Bertz CT molecular complexity index is 1060. The van der Waals surface area contributed by atoms with E-state index in [1.165, 1.54) is 37.8 Å². The molecule has 1 aliphatic carbocycles. The van der Waals surface area contributed by atoms with Gasteiger partial charge in [-0.1, -0.05) is 19.1 Å². The van der Waals surface area contributed by atoms with Gasteiger partial charge in [-0.05, 0) is 63.1 Å². The van der Waals surface area contributed by atoms with Gasteiger partial charge in [-0.25, -0.2) is 9.37 Å². The third-order valence-electron chi connectivity index (χ3n) is 7.59. The molecule has 1 saturated heterocycles. The maximum atomic E-state index is 14.1. The second kappa shape index (κ2) is 8.77. The molecule has 1 aromatic heterocycles. The molecule has 7 heteroatoms. The predicted molar refractivity (Wildman–Crippen MR) is 120 cm³/mol. The Balaban J connectivity index is 1.32. The average Bonchev–Trinajstić information content (AvgIpc) is 3.29. The Morgan fingerprint density at radius 1 is 1.12 bits per heavy atom. The van der Waals surface area contributed by atoms with Crippen LogP contribution in [0.2, 0.25) is 0 Å². The number of nitrogens with zero attached hydrogens (tertiary/aromatic N) is 3. The van der Waals surface area contributed by atoms with E-state index in [9.17, 15) is 14.0 Å². The highest BCUT2D eigenvalue weighted by atomic mass is 19.1. The van der Waals surface area contributed by atoms with E-state index in [0.29, 0.717) is 30.3 Å². The number of rotatable bonds is 3. The number of aromatic amines is 1. The molecule has 0 radical (unpaired) electrons. The van der Waals surface area contributed by atoms with Gasteiger partial charge in [0.2, 0.25) is 0 Å². The molecule has 1 unspecified atom stereocenters. The zero-order valence-corrected chi connectivity index (χ0v) is 18.6. The van der Waals surface area contributed by atoms with Crippen LogP contribution in [0.5, 0.6) is 0 Å². The van der Waals surface area contributed by atoms with E-state index in [4.69, 9.17) is 4.98 Å². The van der Waals surface area contributed by atoms with Crippen molar-refractivity contribution in [2.75, 3.05) is 19.6 Å². The first kappa shape index (κ1) is 21.3. The van der Waals surface area contributed by atoms with E-state index in [1.807, 2.05) is 0 Å². The van der Waals surface area contributed by atoms with E-state index in [-0.39, 0.29) is 29.5 Å². The van der Waals surface area contributed by atoms with E-state index in [0.717, 1.165) is 31.3 Å². The smallest absolute Gasteiger partial charge is 0.257 e. The number of carbonyl (C=O) groups excluding carboxylic acids is 1. The molecule has 1 aromatic carbocycles. The van der Waals surface area contributed by atoms with Crippen LogP contribution in [0.3, 0.4) is 0 Å². The van der Waals surface area contributed by atoms with Gasteiger partial charge in [0, 0.05) is 30.6 Å². The van der Waals surface area contributed by atoms with Crippen molar-refractivity contribution >= 4 is 5.91 Å². The molecule has 1 atom stereocenters. The zero-order chi connectivity index (χ0) is 22.2. The van der Waals surface area contributed by atoms with Crippen molar-refractivity contribution in [1.29, 1.82) is 0 Å². The van der Waals surface area contributed by atoms with Crippen LogP contribution in [0.25, 0.3) is 0 Å². The first-order valence-electron chi connectivity index (χ1n) is 11.9. The summed E-state index contributed by atoms with van der Waals surface area (Å²) in [6.45, 7) is 4.95. The summed E-state index contributed by atoms with van der Waals surface area (Å²) in [5.41, 5.74) is 1.29. The highest BCUT2D eigenvalue weighted by Gasteiger charge is 2.33. The SMILES string of the molecule is CC1CCC(N2CCC(c3nc4c(c(=O)[nH]3)CCN(C(=O)c3ccccc3F)C4)C2)CC1. The minimum absolute atomic E-state index is 0.0641. The minimum atomic E-state index is -0.522. The van der Waals surface area contributed by atoms with Crippen molar-refractivity contribution in [3.63, 3.8) is 0 Å². The number of nitrogens with one attached hydrogen (secondary N) is 1. The molecule has 0 bridgehead atoms. The summed E-state index contributed by atoms with van der Waals surface area (Å²) in [6, 6.07) is 6.68.